The second-order valence-electron chi connectivity index (χ2n) is 3.08. The lowest BCUT2D eigenvalue weighted by Crippen LogP contribution is -2.22. The number of ether oxygens (including phenoxy) is 3. The average Bonchev–Trinajstić information content (AvgIpc) is 2.24. The Labute approximate surface area is 96.9 Å². The van der Waals surface area contributed by atoms with Crippen molar-refractivity contribution < 1.29 is 19.0 Å². The quantitative estimate of drug-likeness (QED) is 0.362. The van der Waals surface area contributed by atoms with E-state index in [9.17, 15) is 4.79 Å². The minimum Gasteiger partial charge on any atom is -0.495 e. The number of methoxy groups -OCH3 is 1. The molecule has 0 rings (SSSR count). The van der Waals surface area contributed by atoms with E-state index in [2.05, 4.69) is 11.3 Å². The van der Waals surface area contributed by atoms with Gasteiger partial charge in [0.15, 0.2) is 6.10 Å². The van der Waals surface area contributed by atoms with Gasteiger partial charge in [-0.3, -0.25) is 0 Å². The molecule has 0 radical (unpaired) electrons. The van der Waals surface area contributed by atoms with Crippen LogP contribution < -0.4 is 0 Å². The lowest BCUT2D eigenvalue weighted by molar-refractivity contribution is -0.151. The molecule has 0 spiro atoms. The van der Waals surface area contributed by atoms with Gasteiger partial charge < -0.3 is 14.2 Å². The van der Waals surface area contributed by atoms with E-state index in [0.717, 1.165) is 6.42 Å². The predicted molar refractivity (Wildman–Crippen MR) is 62.0 cm³/mol. The van der Waals surface area contributed by atoms with Crippen molar-refractivity contribution in [1.29, 1.82) is 0 Å². The summed E-state index contributed by atoms with van der Waals surface area (Å²) in [6.07, 6.45) is 3.97. The Bertz CT molecular complexity index is 245. The highest BCUT2D eigenvalue weighted by Gasteiger charge is 2.15. The van der Waals surface area contributed by atoms with E-state index in [-0.39, 0.29) is 6.61 Å². The van der Waals surface area contributed by atoms with E-state index in [1.165, 1.54) is 7.11 Å². The van der Waals surface area contributed by atoms with Gasteiger partial charge in [-0.05, 0) is 19.4 Å². The largest absolute Gasteiger partial charge is 0.495 e. The van der Waals surface area contributed by atoms with Crippen LogP contribution in [-0.4, -0.2) is 32.4 Å². The van der Waals surface area contributed by atoms with Crippen LogP contribution in [0.3, 0.4) is 0 Å². The maximum atomic E-state index is 11.2. The molecule has 16 heavy (non-hydrogen) atoms. The van der Waals surface area contributed by atoms with Crippen molar-refractivity contribution in [3.05, 3.63) is 24.5 Å². The second kappa shape index (κ2) is 8.97. The summed E-state index contributed by atoms with van der Waals surface area (Å²) in [7, 11) is 1.44. The van der Waals surface area contributed by atoms with Crippen molar-refractivity contribution in [2.24, 2.45) is 0 Å². The zero-order valence-electron chi connectivity index (χ0n) is 10.2. The van der Waals surface area contributed by atoms with Gasteiger partial charge in [0.25, 0.3) is 0 Å². The Balaban J connectivity index is 4.36. The first-order chi connectivity index (χ1) is 7.65. The summed E-state index contributed by atoms with van der Waals surface area (Å²) in [4.78, 5) is 11.2. The Kier molecular flexibility index (Phi) is 8.25. The van der Waals surface area contributed by atoms with Crippen molar-refractivity contribution in [3.8, 4) is 0 Å². The average molecular weight is 228 g/mol. The Morgan fingerprint density at radius 3 is 2.62 bits per heavy atom. The van der Waals surface area contributed by atoms with Crippen LogP contribution in [0.4, 0.5) is 0 Å². The molecule has 0 heterocycles. The van der Waals surface area contributed by atoms with Gasteiger partial charge in [-0.2, -0.15) is 0 Å². The molecule has 0 aromatic rings. The molecule has 0 amide bonds. The third-order valence-corrected chi connectivity index (χ3v) is 1.71. The normalized spacial score (nSPS) is 12.4. The number of esters is 1. The highest BCUT2D eigenvalue weighted by Crippen LogP contribution is 2.09. The summed E-state index contributed by atoms with van der Waals surface area (Å²) in [5.41, 5.74) is 0. The molecular weight excluding hydrogens is 208 g/mol. The number of carbonyl (C=O) groups is 1. The number of hydrogen-bond acceptors (Lipinski definition) is 4. The SMILES string of the molecule is C=C(OCC)C(/C=C/CC)OC(=O)COC. The van der Waals surface area contributed by atoms with Gasteiger partial charge in [0.2, 0.25) is 0 Å². The molecule has 0 saturated heterocycles. The van der Waals surface area contributed by atoms with Crippen molar-refractivity contribution >= 4 is 5.97 Å². The number of hydrogen-bond donors (Lipinski definition) is 0. The van der Waals surface area contributed by atoms with Gasteiger partial charge in [0.05, 0.1) is 6.61 Å². The van der Waals surface area contributed by atoms with E-state index < -0.39 is 12.1 Å². The Morgan fingerprint density at radius 2 is 2.12 bits per heavy atom. The number of allylic oxidation sites excluding steroid dienone is 1. The van der Waals surface area contributed by atoms with Crippen LogP contribution in [0.15, 0.2) is 24.5 Å². The Hall–Kier alpha value is -1.29. The van der Waals surface area contributed by atoms with Crippen LogP contribution in [0.5, 0.6) is 0 Å². The summed E-state index contributed by atoms with van der Waals surface area (Å²) < 4.78 is 15.0. The van der Waals surface area contributed by atoms with E-state index >= 15 is 0 Å². The molecule has 92 valence electrons. The molecule has 0 aliphatic rings. The first kappa shape index (κ1) is 14.7. The summed E-state index contributed by atoms with van der Waals surface area (Å²) in [5.74, 6) is -0.00856. The van der Waals surface area contributed by atoms with Crippen LogP contribution in [0, 0.1) is 0 Å². The maximum absolute atomic E-state index is 11.2. The minimum atomic E-state index is -0.539. The second-order valence-corrected chi connectivity index (χ2v) is 3.08. The third kappa shape index (κ3) is 6.24. The summed E-state index contributed by atoms with van der Waals surface area (Å²) in [6.45, 7) is 7.99. The summed E-state index contributed by atoms with van der Waals surface area (Å²) >= 11 is 0. The molecule has 0 fully saturated rings. The first-order valence-electron chi connectivity index (χ1n) is 5.32. The highest BCUT2D eigenvalue weighted by molar-refractivity contribution is 5.71. The van der Waals surface area contributed by atoms with Crippen molar-refractivity contribution in [2.45, 2.75) is 26.4 Å². The molecular formula is C12H20O4. The molecule has 4 heteroatoms. The van der Waals surface area contributed by atoms with Gasteiger partial charge in [0.1, 0.15) is 12.4 Å². The highest BCUT2D eigenvalue weighted by atomic mass is 16.6. The fourth-order valence-electron chi connectivity index (χ4n) is 1.03. The summed E-state index contributed by atoms with van der Waals surface area (Å²) in [6, 6.07) is 0. The minimum absolute atomic E-state index is 0.0735. The zero-order chi connectivity index (χ0) is 12.4. The van der Waals surface area contributed by atoms with Gasteiger partial charge in [0, 0.05) is 7.11 Å². The lowest BCUT2D eigenvalue weighted by atomic mass is 10.2. The molecule has 0 aliphatic heterocycles. The number of rotatable bonds is 8. The van der Waals surface area contributed by atoms with Crippen LogP contribution in [-0.2, 0) is 19.0 Å². The van der Waals surface area contributed by atoms with Gasteiger partial charge in [-0.1, -0.05) is 19.6 Å². The van der Waals surface area contributed by atoms with E-state index in [0.29, 0.717) is 12.4 Å². The molecule has 4 nitrogen and oxygen atoms in total. The van der Waals surface area contributed by atoms with E-state index in [1.807, 2.05) is 19.9 Å². The fraction of sp³-hybridized carbons (Fsp3) is 0.583. The van der Waals surface area contributed by atoms with E-state index in [1.54, 1.807) is 6.08 Å². The molecule has 0 saturated carbocycles. The summed E-state index contributed by atoms with van der Waals surface area (Å²) in [5, 5.41) is 0. The van der Waals surface area contributed by atoms with Gasteiger partial charge in [-0.25, -0.2) is 4.79 Å². The third-order valence-electron chi connectivity index (χ3n) is 1.71. The molecule has 1 unspecified atom stereocenters. The van der Waals surface area contributed by atoms with Crippen molar-refractivity contribution in [2.75, 3.05) is 20.3 Å². The standard InChI is InChI=1S/C12H20O4/c1-5-7-8-11(10(3)15-6-2)16-12(13)9-14-4/h7-8,11H,3,5-6,9H2,1-2,4H3/b8-7+. The lowest BCUT2D eigenvalue weighted by Gasteiger charge is -2.16. The maximum Gasteiger partial charge on any atom is 0.333 e. The van der Waals surface area contributed by atoms with E-state index in [4.69, 9.17) is 9.47 Å². The number of carbonyl (C=O) groups excluding carboxylic acids is 1. The molecule has 0 aliphatic carbocycles. The molecule has 1 atom stereocenters. The smallest absolute Gasteiger partial charge is 0.333 e. The molecule has 0 aromatic carbocycles. The van der Waals surface area contributed by atoms with Crippen molar-refractivity contribution in [1.82, 2.24) is 0 Å². The van der Waals surface area contributed by atoms with Crippen LogP contribution in [0.25, 0.3) is 0 Å². The topological polar surface area (TPSA) is 44.8 Å². The Morgan fingerprint density at radius 1 is 1.44 bits per heavy atom. The monoisotopic (exact) mass is 228 g/mol. The van der Waals surface area contributed by atoms with Crippen LogP contribution >= 0.6 is 0 Å². The van der Waals surface area contributed by atoms with Crippen LogP contribution in [0.2, 0.25) is 0 Å². The zero-order valence-corrected chi connectivity index (χ0v) is 10.2. The molecule has 0 aromatic heterocycles. The molecule has 0 bridgehead atoms. The van der Waals surface area contributed by atoms with Crippen molar-refractivity contribution in [3.63, 3.8) is 0 Å². The van der Waals surface area contributed by atoms with Gasteiger partial charge >= 0.3 is 5.97 Å². The first-order valence-corrected chi connectivity index (χ1v) is 5.32. The fourth-order valence-corrected chi connectivity index (χ4v) is 1.03. The van der Waals surface area contributed by atoms with Gasteiger partial charge in [-0.15, -0.1) is 0 Å². The molecule has 0 N–H and O–H groups in total. The predicted octanol–water partition coefficient (Wildman–Crippen LogP) is 2.06. The van der Waals surface area contributed by atoms with Crippen LogP contribution in [0.1, 0.15) is 20.3 Å².